The maximum atomic E-state index is 12.9. The van der Waals surface area contributed by atoms with Gasteiger partial charge in [-0.2, -0.15) is 8.42 Å². The molecule has 2 bridgehead atoms. The largest absolute Gasteiger partial charge is 0.349 e. The normalized spacial score (nSPS) is 30.7. The van der Waals surface area contributed by atoms with Crippen molar-refractivity contribution in [3.63, 3.8) is 0 Å². The van der Waals surface area contributed by atoms with Crippen molar-refractivity contribution in [2.45, 2.75) is 69.2 Å². The Morgan fingerprint density at radius 3 is 2.83 bits per heavy atom. The van der Waals surface area contributed by atoms with E-state index in [-0.39, 0.29) is 16.8 Å². The van der Waals surface area contributed by atoms with Gasteiger partial charge in [0.05, 0.1) is 5.69 Å². The van der Waals surface area contributed by atoms with Crippen LogP contribution in [0.5, 0.6) is 0 Å². The van der Waals surface area contributed by atoms with Gasteiger partial charge >= 0.3 is 0 Å². The molecule has 0 radical (unpaired) electrons. The number of amides is 1. The number of hydrogen-bond acceptors (Lipinski definition) is 4. The van der Waals surface area contributed by atoms with Crippen LogP contribution in [0.3, 0.4) is 0 Å². The van der Waals surface area contributed by atoms with E-state index in [4.69, 9.17) is 0 Å². The number of anilines is 1. The Morgan fingerprint density at radius 2 is 2.07 bits per heavy atom. The number of nitrogens with one attached hydrogen (secondary N) is 1. The van der Waals surface area contributed by atoms with Crippen LogP contribution in [0.1, 0.15) is 68.6 Å². The maximum Gasteiger partial charge on any atom is 0.286 e. The first-order valence-electron chi connectivity index (χ1n) is 11.0. The molecule has 1 aromatic carbocycles. The molecule has 2 aliphatic heterocycles. The zero-order chi connectivity index (χ0) is 20.2. The molecule has 1 amide bonds. The highest BCUT2D eigenvalue weighted by atomic mass is 32.2. The van der Waals surface area contributed by atoms with Gasteiger partial charge in [0.25, 0.3) is 15.9 Å². The number of amidine groups is 1. The van der Waals surface area contributed by atoms with Crippen molar-refractivity contribution >= 4 is 27.5 Å². The Hall–Kier alpha value is -1.89. The molecule has 1 aromatic rings. The minimum absolute atomic E-state index is 0.112. The van der Waals surface area contributed by atoms with E-state index in [1.807, 2.05) is 4.90 Å². The quantitative estimate of drug-likeness (QED) is 0.816. The lowest BCUT2D eigenvalue weighted by Gasteiger charge is -2.30. The van der Waals surface area contributed by atoms with Crippen molar-refractivity contribution in [3.8, 4) is 0 Å². The highest BCUT2D eigenvalue weighted by Crippen LogP contribution is 2.49. The molecule has 4 atom stereocenters. The van der Waals surface area contributed by atoms with Crippen molar-refractivity contribution < 1.29 is 13.2 Å². The summed E-state index contributed by atoms with van der Waals surface area (Å²) in [5, 5.41) is 3.14. The number of hydrogen-bond donors (Lipinski definition) is 1. The smallest absolute Gasteiger partial charge is 0.286 e. The Bertz CT molecular complexity index is 972. The number of carbonyl (C=O) groups is 1. The van der Waals surface area contributed by atoms with Crippen LogP contribution in [0.2, 0.25) is 0 Å². The van der Waals surface area contributed by atoms with Crippen LogP contribution in [-0.4, -0.2) is 32.7 Å². The van der Waals surface area contributed by atoms with E-state index in [1.54, 1.807) is 12.1 Å². The molecule has 4 aliphatic rings. The second-order valence-corrected chi connectivity index (χ2v) is 10.8. The molecule has 0 aromatic heterocycles. The highest BCUT2D eigenvalue weighted by Gasteiger charge is 2.42. The van der Waals surface area contributed by atoms with Gasteiger partial charge in [0.2, 0.25) is 0 Å². The van der Waals surface area contributed by atoms with E-state index in [9.17, 15) is 13.2 Å². The number of sulfonamides is 1. The minimum atomic E-state index is -3.77. The summed E-state index contributed by atoms with van der Waals surface area (Å²) in [4.78, 5) is 15.1. The predicted molar refractivity (Wildman–Crippen MR) is 113 cm³/mol. The summed E-state index contributed by atoms with van der Waals surface area (Å²) >= 11 is 0. The van der Waals surface area contributed by atoms with Gasteiger partial charge in [-0.15, -0.1) is 4.40 Å². The summed E-state index contributed by atoms with van der Waals surface area (Å²) < 4.78 is 29.6. The van der Waals surface area contributed by atoms with Crippen LogP contribution in [0, 0.1) is 17.8 Å². The molecule has 7 heteroatoms. The average molecular weight is 416 g/mol. The van der Waals surface area contributed by atoms with Gasteiger partial charge in [-0.05, 0) is 75.0 Å². The van der Waals surface area contributed by atoms with Gasteiger partial charge in [0.15, 0.2) is 0 Å². The van der Waals surface area contributed by atoms with Gasteiger partial charge in [-0.25, -0.2) is 0 Å². The number of benzene rings is 1. The Kier molecular flexibility index (Phi) is 4.68. The van der Waals surface area contributed by atoms with E-state index in [2.05, 4.69) is 16.6 Å². The zero-order valence-corrected chi connectivity index (χ0v) is 17.7. The molecule has 6 nitrogen and oxygen atoms in total. The number of carbonyl (C=O) groups excluding carboxylic acids is 1. The minimum Gasteiger partial charge on any atom is -0.349 e. The van der Waals surface area contributed by atoms with Crippen LogP contribution in [0.4, 0.5) is 5.69 Å². The van der Waals surface area contributed by atoms with Gasteiger partial charge in [-0.3, -0.25) is 4.79 Å². The standard InChI is InChI=1S/C22H29N3O3S/c1-14(18-12-15-6-7-16(18)11-15)23-22(26)17-8-9-19-20(13-17)29(27,28)24-21-5-3-2-4-10-25(19)21/h8-9,13-16,18H,2-7,10-12H2,1H3,(H,23,26). The molecule has 3 fully saturated rings. The molecule has 29 heavy (non-hydrogen) atoms. The summed E-state index contributed by atoms with van der Waals surface area (Å²) in [6.07, 6.45) is 8.86. The molecular formula is C22H29N3O3S. The van der Waals surface area contributed by atoms with E-state index in [1.165, 1.54) is 31.7 Å². The van der Waals surface area contributed by atoms with E-state index in [0.717, 1.165) is 37.6 Å². The molecule has 4 unspecified atom stereocenters. The lowest BCUT2D eigenvalue weighted by molar-refractivity contribution is 0.0915. The third kappa shape index (κ3) is 3.37. The summed E-state index contributed by atoms with van der Waals surface area (Å²) in [6, 6.07) is 5.16. The molecule has 2 aliphatic carbocycles. The lowest BCUT2D eigenvalue weighted by Crippen LogP contribution is -2.40. The molecule has 0 spiro atoms. The maximum absolute atomic E-state index is 12.9. The van der Waals surface area contributed by atoms with Crippen LogP contribution in [-0.2, 0) is 10.0 Å². The van der Waals surface area contributed by atoms with Crippen molar-refractivity contribution in [2.24, 2.45) is 22.2 Å². The molecule has 156 valence electrons. The predicted octanol–water partition coefficient (Wildman–Crippen LogP) is 3.72. The van der Waals surface area contributed by atoms with Crippen LogP contribution in [0.15, 0.2) is 27.5 Å². The van der Waals surface area contributed by atoms with Gasteiger partial charge < -0.3 is 10.2 Å². The van der Waals surface area contributed by atoms with Gasteiger partial charge in [0, 0.05) is 24.6 Å². The second kappa shape index (κ2) is 7.11. The monoisotopic (exact) mass is 415 g/mol. The Labute approximate surface area is 172 Å². The van der Waals surface area contributed by atoms with Crippen molar-refractivity contribution in [1.29, 1.82) is 0 Å². The van der Waals surface area contributed by atoms with Gasteiger partial charge in [-0.1, -0.05) is 12.8 Å². The van der Waals surface area contributed by atoms with Crippen LogP contribution in [0.25, 0.3) is 0 Å². The number of rotatable bonds is 3. The van der Waals surface area contributed by atoms with E-state index in [0.29, 0.717) is 29.4 Å². The molecule has 1 N–H and O–H groups in total. The summed E-state index contributed by atoms with van der Waals surface area (Å²) in [6.45, 7) is 2.86. The fourth-order valence-corrected chi connectivity index (χ4v) is 7.21. The lowest BCUT2D eigenvalue weighted by atomic mass is 9.84. The summed E-state index contributed by atoms with van der Waals surface area (Å²) in [7, 11) is -3.77. The van der Waals surface area contributed by atoms with Gasteiger partial charge in [0.1, 0.15) is 10.7 Å². The van der Waals surface area contributed by atoms with Crippen molar-refractivity contribution in [1.82, 2.24) is 5.32 Å². The van der Waals surface area contributed by atoms with E-state index >= 15 is 0 Å². The number of nitrogens with zero attached hydrogens (tertiary/aromatic N) is 2. The molecule has 1 saturated heterocycles. The highest BCUT2D eigenvalue weighted by molar-refractivity contribution is 7.90. The first-order chi connectivity index (χ1) is 13.9. The topological polar surface area (TPSA) is 78.8 Å². The molecule has 5 rings (SSSR count). The van der Waals surface area contributed by atoms with Crippen molar-refractivity contribution in [3.05, 3.63) is 23.8 Å². The fourth-order valence-electron chi connectivity index (χ4n) is 5.92. The Morgan fingerprint density at radius 1 is 1.21 bits per heavy atom. The summed E-state index contributed by atoms with van der Waals surface area (Å²) in [5.74, 6) is 2.55. The molecular weight excluding hydrogens is 386 g/mol. The first-order valence-corrected chi connectivity index (χ1v) is 12.4. The fraction of sp³-hybridized carbons (Fsp3) is 0.636. The van der Waals surface area contributed by atoms with E-state index < -0.39 is 10.0 Å². The van der Waals surface area contributed by atoms with Crippen LogP contribution >= 0.6 is 0 Å². The average Bonchev–Trinajstić information content (AvgIpc) is 3.25. The Balaban J connectivity index is 1.39. The molecule has 2 heterocycles. The summed E-state index contributed by atoms with van der Waals surface area (Å²) in [5.41, 5.74) is 1.06. The van der Waals surface area contributed by atoms with Crippen molar-refractivity contribution in [2.75, 3.05) is 11.4 Å². The first kappa shape index (κ1) is 19.1. The third-order valence-electron chi connectivity index (χ3n) is 7.40. The third-order valence-corrected chi connectivity index (χ3v) is 8.74. The second-order valence-electron chi connectivity index (χ2n) is 9.23. The zero-order valence-electron chi connectivity index (χ0n) is 16.9. The molecule has 2 saturated carbocycles. The number of fused-ring (bicyclic) bond motifs is 5. The SMILES string of the molecule is CC(NC(=O)c1ccc2c(c1)S(=O)(=O)N=C1CCCCCN12)C1CC2CCC1C2. The van der Waals surface area contributed by atoms with Crippen LogP contribution < -0.4 is 10.2 Å².